The summed E-state index contributed by atoms with van der Waals surface area (Å²) in [6.45, 7) is -2.08. The number of hydrogen-bond donors (Lipinski definition) is 1. The van der Waals surface area contributed by atoms with Crippen molar-refractivity contribution < 1.29 is 22.8 Å². The van der Waals surface area contributed by atoms with E-state index >= 15 is 0 Å². The lowest BCUT2D eigenvalue weighted by Gasteiger charge is -2.56. The van der Waals surface area contributed by atoms with E-state index in [0.29, 0.717) is 17.5 Å². The Bertz CT molecular complexity index is 935. The maximum absolute atomic E-state index is 9.29. The van der Waals surface area contributed by atoms with Crippen LogP contribution in [-0.2, 0) is 11.8 Å². The summed E-state index contributed by atoms with van der Waals surface area (Å²) in [5.74, 6) is 0.00776. The molecular weight excluding hydrogens is 278 g/mol. The lowest BCUT2D eigenvalue weighted by molar-refractivity contribution is -0.0453. The highest BCUT2D eigenvalue weighted by Gasteiger charge is 2.64. The number of hydrogen-bond acceptors (Lipinski definition) is 4. The van der Waals surface area contributed by atoms with Crippen LogP contribution in [0.3, 0.4) is 0 Å². The molecule has 116 valence electrons. The van der Waals surface area contributed by atoms with Crippen LogP contribution in [0.1, 0.15) is 25.8 Å². The number of aliphatic hydroxyl groups excluding tert-OH is 1. The predicted molar refractivity (Wildman–Crippen MR) is 82.5 cm³/mol. The Balaban J connectivity index is 1.85. The van der Waals surface area contributed by atoms with Crippen molar-refractivity contribution in [3.8, 4) is 11.5 Å². The number of likely N-dealkylation sites (tertiary alicyclic amines) is 1. The molecule has 4 aliphatic rings. The summed E-state index contributed by atoms with van der Waals surface area (Å²) < 4.78 is 69.2. The van der Waals surface area contributed by atoms with Crippen molar-refractivity contribution in [2.75, 3.05) is 20.6 Å². The molecule has 4 nitrogen and oxygen atoms in total. The van der Waals surface area contributed by atoms with Crippen LogP contribution in [0.15, 0.2) is 24.2 Å². The Morgan fingerprint density at radius 2 is 2.55 bits per heavy atom. The Kier molecular flexibility index (Phi) is 1.45. The van der Waals surface area contributed by atoms with Crippen molar-refractivity contribution in [1.29, 1.82) is 1.43 Å². The van der Waals surface area contributed by atoms with Crippen LogP contribution in [0.4, 0.5) is 0 Å². The highest BCUT2D eigenvalue weighted by atomic mass is 16.5. The van der Waals surface area contributed by atoms with Crippen LogP contribution in [0.25, 0.3) is 0 Å². The number of aliphatic hydroxyl groups is 1. The maximum Gasteiger partial charge on any atom is 0.211 e. The van der Waals surface area contributed by atoms with Crippen LogP contribution in [0.2, 0.25) is 0 Å². The van der Waals surface area contributed by atoms with Gasteiger partial charge in [0.1, 0.15) is 12.2 Å². The molecule has 2 heterocycles. The van der Waals surface area contributed by atoms with Crippen LogP contribution in [0, 0.1) is 5.92 Å². The average Bonchev–Trinajstić information content (AvgIpc) is 2.91. The minimum absolute atomic E-state index is 0.0263. The predicted octanol–water partition coefficient (Wildman–Crippen LogP) is 1.50. The Labute approximate surface area is 140 Å². The van der Waals surface area contributed by atoms with Crippen LogP contribution >= 0.6 is 0 Å². The topological polar surface area (TPSA) is 41.9 Å². The van der Waals surface area contributed by atoms with Gasteiger partial charge in [0.15, 0.2) is 11.5 Å². The molecule has 2 aliphatic carbocycles. The van der Waals surface area contributed by atoms with Gasteiger partial charge in [-0.3, -0.25) is 0 Å². The summed E-state index contributed by atoms with van der Waals surface area (Å²) in [6.07, 6.45) is 1.33. The van der Waals surface area contributed by atoms with Crippen molar-refractivity contribution in [2.45, 2.75) is 36.5 Å². The van der Waals surface area contributed by atoms with Crippen molar-refractivity contribution in [3.05, 3.63) is 35.4 Å². The van der Waals surface area contributed by atoms with Crippen molar-refractivity contribution in [3.63, 3.8) is 0 Å². The molecule has 5 rings (SSSR count). The highest BCUT2D eigenvalue weighted by Crippen LogP contribution is 2.62. The molecule has 1 aromatic carbocycles. The molecule has 22 heavy (non-hydrogen) atoms. The van der Waals surface area contributed by atoms with Gasteiger partial charge < -0.3 is 19.5 Å². The molecule has 1 N–H and O–H groups in total. The fraction of sp³-hybridized carbons (Fsp3) is 0.556. The molecule has 0 amide bonds. The third-order valence-corrected chi connectivity index (χ3v) is 5.66. The Morgan fingerprint density at radius 1 is 1.59 bits per heavy atom. The van der Waals surface area contributed by atoms with E-state index in [-0.39, 0.29) is 42.5 Å². The second-order valence-electron chi connectivity index (χ2n) is 6.45. The van der Waals surface area contributed by atoms with E-state index in [4.69, 9.17) is 22.9 Å². The lowest BCUT2D eigenvalue weighted by Crippen LogP contribution is -2.64. The number of methoxy groups -OCH3 is 1. The quantitative estimate of drug-likeness (QED) is 0.841. The zero-order chi connectivity index (χ0) is 20.9. The number of piperidine rings is 1. The van der Waals surface area contributed by atoms with E-state index in [1.807, 2.05) is 6.08 Å². The summed E-state index contributed by atoms with van der Waals surface area (Å²) in [5.41, 5.74) is 0.219. The highest BCUT2D eigenvalue weighted by molar-refractivity contribution is 5.62. The van der Waals surface area contributed by atoms with E-state index in [2.05, 4.69) is 0 Å². The molecule has 1 spiro atoms. The largest absolute Gasteiger partial charge is 0.493 e. The first kappa shape index (κ1) is 7.84. The number of likely N-dealkylation sites (N-methyl/N-ethyl adjacent to an activating group) is 1. The molecule has 4 heteroatoms. The minimum Gasteiger partial charge on any atom is -0.493 e. The van der Waals surface area contributed by atoms with E-state index in [1.54, 1.807) is 6.08 Å². The standard InChI is InChI=1S/C18H21NO3/c1-19-8-7-18-11-4-5-13(20)17(18)22-16-14(21-2)6-3-10(15(16)18)9-12(11)19/h3-6,11-13,17,20H,7-9H2,1-2H3/t11-,12+,13?,17?,18-/m0/s1/i1D3,3D,6D,17D,20D. The fourth-order valence-corrected chi connectivity index (χ4v) is 4.78. The van der Waals surface area contributed by atoms with Crippen LogP contribution in [-0.4, -0.2) is 50.3 Å². The number of ether oxygens (including phenoxy) is 2. The van der Waals surface area contributed by atoms with Crippen LogP contribution < -0.4 is 9.47 Å². The van der Waals surface area contributed by atoms with E-state index in [1.165, 1.54) is 12.0 Å². The smallest absolute Gasteiger partial charge is 0.211 e. The molecule has 0 saturated carbocycles. The van der Waals surface area contributed by atoms with Gasteiger partial charge in [0, 0.05) is 27.1 Å². The van der Waals surface area contributed by atoms with Gasteiger partial charge in [-0.05, 0) is 38.0 Å². The summed E-state index contributed by atoms with van der Waals surface area (Å²) in [4.78, 5) is 1.46. The summed E-state index contributed by atoms with van der Waals surface area (Å²) >= 11 is 0. The summed E-state index contributed by atoms with van der Waals surface area (Å²) in [5, 5.41) is 4.86. The Hall–Kier alpha value is -1.52. The van der Waals surface area contributed by atoms with Gasteiger partial charge in [0.2, 0.25) is 1.43 Å². The minimum atomic E-state index is -2.31. The van der Waals surface area contributed by atoms with Gasteiger partial charge in [0.05, 0.1) is 11.2 Å². The van der Waals surface area contributed by atoms with E-state index < -0.39 is 30.6 Å². The first-order chi connectivity index (χ1) is 13.6. The SMILES string of the molecule is [2H]OC1C=C[C@H]2[C@H]3Cc4c([2H])c([2H])c(OC)c5c4[C@@]2(CCN3C([2H])([2H])[2H])C1([2H])O5. The average molecular weight is 306 g/mol. The first-order valence-electron chi connectivity index (χ1n) is 11.0. The summed E-state index contributed by atoms with van der Waals surface area (Å²) in [6, 6.07) is -0.641. The molecule has 5 atom stereocenters. The van der Waals surface area contributed by atoms with E-state index in [9.17, 15) is 1.37 Å². The van der Waals surface area contributed by atoms with Gasteiger partial charge >= 0.3 is 0 Å². The second kappa shape index (κ2) is 4.06. The van der Waals surface area contributed by atoms with E-state index in [0.717, 1.165) is 0 Å². The van der Waals surface area contributed by atoms with Gasteiger partial charge in [-0.1, -0.05) is 18.2 Å². The van der Waals surface area contributed by atoms with Gasteiger partial charge in [-0.2, -0.15) is 0 Å². The Morgan fingerprint density at radius 3 is 3.36 bits per heavy atom. The normalized spacial score (nSPS) is 49.5. The molecular formula is C18H21NO3. The van der Waals surface area contributed by atoms with Crippen molar-refractivity contribution in [2.24, 2.45) is 5.92 Å². The van der Waals surface area contributed by atoms with Gasteiger partial charge in [0.25, 0.3) is 0 Å². The zero-order valence-electron chi connectivity index (χ0n) is 19.2. The second-order valence-corrected chi connectivity index (χ2v) is 6.45. The molecule has 0 radical (unpaired) electrons. The zero-order valence-corrected chi connectivity index (χ0v) is 12.2. The summed E-state index contributed by atoms with van der Waals surface area (Å²) in [7, 11) is 1.40. The molecule has 1 aromatic rings. The maximum atomic E-state index is 9.29. The number of rotatable bonds is 2. The number of benzene rings is 1. The third-order valence-electron chi connectivity index (χ3n) is 5.66. The van der Waals surface area contributed by atoms with Gasteiger partial charge in [-0.15, -0.1) is 0 Å². The van der Waals surface area contributed by atoms with Crippen molar-refractivity contribution >= 4 is 0 Å². The molecule has 1 fully saturated rings. The lowest BCUT2D eigenvalue weighted by atomic mass is 9.53. The molecule has 2 unspecified atom stereocenters. The van der Waals surface area contributed by atoms with Crippen molar-refractivity contribution in [1.82, 2.24) is 4.90 Å². The first-order valence-corrected chi connectivity index (χ1v) is 7.58. The van der Waals surface area contributed by atoms with Gasteiger partial charge in [-0.25, -0.2) is 0 Å². The molecule has 2 aliphatic heterocycles. The van der Waals surface area contributed by atoms with Crippen LogP contribution in [0.5, 0.6) is 11.5 Å². The molecule has 1 saturated heterocycles. The fourth-order valence-electron chi connectivity index (χ4n) is 4.78. The molecule has 0 aromatic heterocycles. The molecule has 2 bridgehead atoms. The number of nitrogens with zero attached hydrogens (tertiary/aromatic N) is 1. The third kappa shape index (κ3) is 1.28. The monoisotopic (exact) mass is 306 g/mol.